The molecule has 1 fully saturated rings. The summed E-state index contributed by atoms with van der Waals surface area (Å²) in [6, 6.07) is 4.26. The number of anilines is 1. The van der Waals surface area contributed by atoms with Crippen LogP contribution in [0.1, 0.15) is 19.8 Å². The molecule has 0 unspecified atom stereocenters. The standard InChI is InChI=1S/C14H19N5O2/c1-2-19-7-5-10(6-8-19)16-11-3-4-12(15-9-11)13-17-14(20)21-18-13/h3-4,9-10,16H,2,5-8H2,1H3,(H,17,18,20). The van der Waals surface area contributed by atoms with Gasteiger partial charge in [0.15, 0.2) is 0 Å². The van der Waals surface area contributed by atoms with Crippen LogP contribution in [-0.2, 0) is 0 Å². The Morgan fingerprint density at radius 3 is 2.81 bits per heavy atom. The van der Waals surface area contributed by atoms with Crippen molar-refractivity contribution in [3.05, 3.63) is 28.9 Å². The summed E-state index contributed by atoms with van der Waals surface area (Å²) >= 11 is 0. The minimum atomic E-state index is -0.573. The van der Waals surface area contributed by atoms with E-state index in [9.17, 15) is 4.79 Å². The fourth-order valence-electron chi connectivity index (χ4n) is 2.59. The Hall–Kier alpha value is -2.15. The molecule has 2 aromatic heterocycles. The van der Waals surface area contributed by atoms with Crippen LogP contribution in [-0.4, -0.2) is 45.7 Å². The number of hydrogen-bond donors (Lipinski definition) is 2. The number of rotatable bonds is 4. The highest BCUT2D eigenvalue weighted by Crippen LogP contribution is 2.18. The monoisotopic (exact) mass is 289 g/mol. The summed E-state index contributed by atoms with van der Waals surface area (Å²) in [5, 5.41) is 7.12. The summed E-state index contributed by atoms with van der Waals surface area (Å²) in [6.45, 7) is 5.60. The van der Waals surface area contributed by atoms with Crippen LogP contribution in [0.4, 0.5) is 5.69 Å². The molecule has 0 spiro atoms. The molecule has 7 nitrogen and oxygen atoms in total. The van der Waals surface area contributed by atoms with Gasteiger partial charge < -0.3 is 10.2 Å². The van der Waals surface area contributed by atoms with Gasteiger partial charge in [0.25, 0.3) is 0 Å². The number of nitrogens with one attached hydrogen (secondary N) is 2. The van der Waals surface area contributed by atoms with Crippen LogP contribution in [0.15, 0.2) is 27.6 Å². The molecule has 1 saturated heterocycles. The highest BCUT2D eigenvalue weighted by molar-refractivity contribution is 5.53. The maximum Gasteiger partial charge on any atom is 0.439 e. The number of nitrogens with zero attached hydrogens (tertiary/aromatic N) is 3. The van der Waals surface area contributed by atoms with Crippen LogP contribution in [0.25, 0.3) is 11.5 Å². The Kier molecular flexibility index (Phi) is 4.01. The Bertz CT molecular complexity index is 625. The SMILES string of the molecule is CCN1CCC(Nc2ccc(-c3noc(=O)[nH]3)nc2)CC1. The van der Waals surface area contributed by atoms with E-state index in [0.717, 1.165) is 38.2 Å². The summed E-state index contributed by atoms with van der Waals surface area (Å²) in [5.74, 6) is -0.223. The van der Waals surface area contributed by atoms with Crippen LogP contribution >= 0.6 is 0 Å². The lowest BCUT2D eigenvalue weighted by atomic mass is 10.0. The van der Waals surface area contributed by atoms with Gasteiger partial charge in [-0.2, -0.15) is 0 Å². The van der Waals surface area contributed by atoms with Gasteiger partial charge in [0.2, 0.25) is 5.82 Å². The maximum atomic E-state index is 10.9. The molecular weight excluding hydrogens is 270 g/mol. The van der Waals surface area contributed by atoms with Crippen LogP contribution < -0.4 is 11.1 Å². The molecule has 21 heavy (non-hydrogen) atoms. The predicted octanol–water partition coefficient (Wildman–Crippen LogP) is 1.32. The van der Waals surface area contributed by atoms with Crippen LogP contribution in [0.3, 0.4) is 0 Å². The van der Waals surface area contributed by atoms with Crippen LogP contribution in [0, 0.1) is 0 Å². The second-order valence-corrected chi connectivity index (χ2v) is 5.23. The lowest BCUT2D eigenvalue weighted by molar-refractivity contribution is 0.229. The smallest absolute Gasteiger partial charge is 0.381 e. The average Bonchev–Trinajstić information content (AvgIpc) is 2.95. The normalized spacial score (nSPS) is 17.0. The lowest BCUT2D eigenvalue weighted by Crippen LogP contribution is -2.38. The Morgan fingerprint density at radius 1 is 1.43 bits per heavy atom. The zero-order valence-electron chi connectivity index (χ0n) is 12.0. The highest BCUT2D eigenvalue weighted by Gasteiger charge is 2.17. The average molecular weight is 289 g/mol. The fourth-order valence-corrected chi connectivity index (χ4v) is 2.59. The van der Waals surface area contributed by atoms with E-state index >= 15 is 0 Å². The fraction of sp³-hybridized carbons (Fsp3) is 0.500. The molecule has 1 aliphatic rings. The molecule has 2 aromatic rings. The number of hydrogen-bond acceptors (Lipinski definition) is 6. The quantitative estimate of drug-likeness (QED) is 0.882. The van der Waals surface area contributed by atoms with Gasteiger partial charge in [-0.3, -0.25) is 14.5 Å². The van der Waals surface area contributed by atoms with Gasteiger partial charge in [-0.05, 0) is 31.5 Å². The zero-order chi connectivity index (χ0) is 14.7. The van der Waals surface area contributed by atoms with Gasteiger partial charge in [0.05, 0.1) is 11.9 Å². The Balaban J connectivity index is 1.61. The zero-order valence-corrected chi connectivity index (χ0v) is 12.0. The molecule has 3 heterocycles. The van der Waals surface area contributed by atoms with Crippen molar-refractivity contribution in [3.63, 3.8) is 0 Å². The van der Waals surface area contributed by atoms with E-state index in [1.807, 2.05) is 12.1 Å². The van der Waals surface area contributed by atoms with Gasteiger partial charge in [0.1, 0.15) is 5.69 Å². The number of piperidine rings is 1. The molecular formula is C14H19N5O2. The van der Waals surface area contributed by atoms with Crippen molar-refractivity contribution in [3.8, 4) is 11.5 Å². The molecule has 0 amide bonds. The largest absolute Gasteiger partial charge is 0.439 e. The number of H-pyrrole nitrogens is 1. The van der Waals surface area contributed by atoms with Crippen molar-refractivity contribution in [2.75, 3.05) is 25.0 Å². The van der Waals surface area contributed by atoms with Gasteiger partial charge in [-0.25, -0.2) is 4.79 Å². The van der Waals surface area contributed by atoms with Gasteiger partial charge in [0, 0.05) is 19.1 Å². The first-order valence-electron chi connectivity index (χ1n) is 7.26. The van der Waals surface area contributed by atoms with E-state index in [1.165, 1.54) is 0 Å². The first-order valence-corrected chi connectivity index (χ1v) is 7.26. The molecule has 0 bridgehead atoms. The summed E-state index contributed by atoms with van der Waals surface area (Å²) in [6.07, 6.45) is 4.05. The molecule has 0 radical (unpaired) electrons. The molecule has 0 atom stereocenters. The van der Waals surface area contributed by atoms with E-state index in [-0.39, 0.29) is 0 Å². The Morgan fingerprint density at radius 2 is 2.24 bits per heavy atom. The third-order valence-electron chi connectivity index (χ3n) is 3.85. The van der Waals surface area contributed by atoms with Crippen molar-refractivity contribution >= 4 is 5.69 Å². The summed E-state index contributed by atoms with van der Waals surface area (Å²) in [4.78, 5) is 20.2. The van der Waals surface area contributed by atoms with E-state index in [0.29, 0.717) is 17.6 Å². The van der Waals surface area contributed by atoms with Crippen LogP contribution in [0.5, 0.6) is 0 Å². The van der Waals surface area contributed by atoms with Crippen molar-refractivity contribution < 1.29 is 4.52 Å². The van der Waals surface area contributed by atoms with Gasteiger partial charge in [-0.15, -0.1) is 0 Å². The molecule has 0 aliphatic carbocycles. The number of aromatic amines is 1. The predicted molar refractivity (Wildman–Crippen MR) is 79.1 cm³/mol. The Labute approximate surface area is 122 Å². The van der Waals surface area contributed by atoms with Crippen molar-refractivity contribution in [1.29, 1.82) is 0 Å². The van der Waals surface area contributed by atoms with E-state index in [4.69, 9.17) is 0 Å². The van der Waals surface area contributed by atoms with Crippen molar-refractivity contribution in [2.24, 2.45) is 0 Å². The summed E-state index contributed by atoms with van der Waals surface area (Å²) < 4.78 is 4.47. The molecule has 2 N–H and O–H groups in total. The molecule has 0 aromatic carbocycles. The summed E-state index contributed by atoms with van der Waals surface area (Å²) in [7, 11) is 0. The molecule has 3 rings (SSSR count). The first kappa shape index (κ1) is 13.8. The molecule has 1 aliphatic heterocycles. The maximum absolute atomic E-state index is 10.9. The van der Waals surface area contributed by atoms with E-state index in [1.54, 1.807) is 6.20 Å². The second-order valence-electron chi connectivity index (χ2n) is 5.23. The number of aromatic nitrogens is 3. The molecule has 7 heteroatoms. The lowest BCUT2D eigenvalue weighted by Gasteiger charge is -2.31. The van der Waals surface area contributed by atoms with Crippen molar-refractivity contribution in [1.82, 2.24) is 20.0 Å². The van der Waals surface area contributed by atoms with E-state index < -0.39 is 5.76 Å². The summed E-state index contributed by atoms with van der Waals surface area (Å²) in [5.41, 5.74) is 1.58. The molecule has 0 saturated carbocycles. The highest BCUT2D eigenvalue weighted by atomic mass is 16.5. The number of likely N-dealkylation sites (tertiary alicyclic amines) is 1. The van der Waals surface area contributed by atoms with Gasteiger partial charge >= 0.3 is 5.76 Å². The minimum absolute atomic E-state index is 0.350. The third kappa shape index (κ3) is 3.30. The van der Waals surface area contributed by atoms with Crippen molar-refractivity contribution in [2.45, 2.75) is 25.8 Å². The van der Waals surface area contributed by atoms with Crippen LogP contribution in [0.2, 0.25) is 0 Å². The third-order valence-corrected chi connectivity index (χ3v) is 3.85. The number of pyridine rings is 1. The topological polar surface area (TPSA) is 87.0 Å². The first-order chi connectivity index (χ1) is 10.2. The van der Waals surface area contributed by atoms with E-state index in [2.05, 4.69) is 36.8 Å². The second kappa shape index (κ2) is 6.09. The minimum Gasteiger partial charge on any atom is -0.381 e. The van der Waals surface area contributed by atoms with Gasteiger partial charge in [-0.1, -0.05) is 12.1 Å². The molecule has 112 valence electrons.